The Balaban J connectivity index is 3.09. The maximum atomic E-state index is 13.2. The second-order valence-corrected chi connectivity index (χ2v) is 3.06. The highest BCUT2D eigenvalue weighted by atomic mass is 19.1. The van der Waals surface area contributed by atoms with Crippen molar-refractivity contribution in [1.82, 2.24) is 0 Å². The van der Waals surface area contributed by atoms with Crippen molar-refractivity contribution in [3.8, 4) is 11.8 Å². The minimum Gasteiger partial charge on any atom is -0.477 e. The molecule has 0 heterocycles. The van der Waals surface area contributed by atoms with Gasteiger partial charge < -0.3 is 9.84 Å². The van der Waals surface area contributed by atoms with Gasteiger partial charge in [-0.15, -0.1) is 0 Å². The largest absolute Gasteiger partial charge is 0.477 e. The molecule has 5 heteroatoms. The first kappa shape index (κ1) is 12.0. The van der Waals surface area contributed by atoms with Crippen LogP contribution in [0.25, 0.3) is 0 Å². The molecule has 1 aromatic rings. The number of carboxylic acid groups (broad SMARTS) is 1. The number of benzene rings is 1. The number of hydrogen-bond donors (Lipinski definition) is 1. The molecule has 1 rings (SSSR count). The van der Waals surface area contributed by atoms with Gasteiger partial charge in [0.1, 0.15) is 23.2 Å². The molecule has 0 aromatic heterocycles. The Hall–Kier alpha value is -2.09. The topological polar surface area (TPSA) is 70.3 Å². The first-order valence-electron chi connectivity index (χ1n) is 4.68. The summed E-state index contributed by atoms with van der Waals surface area (Å²) in [5.41, 5.74) is -0.545. The molecule has 0 aliphatic carbocycles. The van der Waals surface area contributed by atoms with Crippen LogP contribution in [0.3, 0.4) is 0 Å². The van der Waals surface area contributed by atoms with Crippen LogP contribution in [0.4, 0.5) is 4.39 Å². The first-order chi connectivity index (χ1) is 7.60. The second-order valence-electron chi connectivity index (χ2n) is 3.06. The van der Waals surface area contributed by atoms with Crippen LogP contribution in [-0.2, 0) is 0 Å². The quantitative estimate of drug-likeness (QED) is 0.849. The molecule has 0 amide bonds. The summed E-state index contributed by atoms with van der Waals surface area (Å²) in [5.74, 6) is -2.42. The molecule has 0 saturated carbocycles. The van der Waals surface area contributed by atoms with Gasteiger partial charge in [-0.25, -0.2) is 9.18 Å². The van der Waals surface area contributed by atoms with Crippen molar-refractivity contribution in [1.29, 1.82) is 5.26 Å². The van der Waals surface area contributed by atoms with Gasteiger partial charge in [0.25, 0.3) is 0 Å². The van der Waals surface area contributed by atoms with Gasteiger partial charge in [-0.1, -0.05) is 13.0 Å². The molecule has 0 saturated heterocycles. The fourth-order valence-electron chi connectivity index (χ4n) is 1.16. The van der Waals surface area contributed by atoms with E-state index >= 15 is 0 Å². The van der Waals surface area contributed by atoms with E-state index in [0.717, 1.165) is 6.07 Å². The molecule has 16 heavy (non-hydrogen) atoms. The molecule has 1 atom stereocenters. The molecule has 84 valence electrons. The smallest absolute Gasteiger partial charge is 0.342 e. The van der Waals surface area contributed by atoms with E-state index in [0.29, 0.717) is 6.42 Å². The SMILES string of the molecule is CCC(C#N)Oc1cccc(F)c1C(=O)O. The molecule has 1 unspecified atom stereocenters. The van der Waals surface area contributed by atoms with Gasteiger partial charge in [0, 0.05) is 0 Å². The van der Waals surface area contributed by atoms with Gasteiger partial charge in [-0.2, -0.15) is 5.26 Å². The van der Waals surface area contributed by atoms with Crippen LogP contribution in [0.5, 0.6) is 5.75 Å². The molecule has 1 N–H and O–H groups in total. The summed E-state index contributed by atoms with van der Waals surface area (Å²) in [7, 11) is 0. The molecule has 0 fully saturated rings. The van der Waals surface area contributed by atoms with E-state index in [9.17, 15) is 9.18 Å². The standard InChI is InChI=1S/C11H10FNO3/c1-2-7(6-13)16-9-5-3-4-8(12)10(9)11(14)15/h3-5,7H,2H2,1H3,(H,14,15). The summed E-state index contributed by atoms with van der Waals surface area (Å²) in [5, 5.41) is 17.5. The van der Waals surface area contributed by atoms with E-state index in [-0.39, 0.29) is 5.75 Å². The summed E-state index contributed by atoms with van der Waals surface area (Å²) in [6.07, 6.45) is -0.383. The average molecular weight is 223 g/mol. The number of halogens is 1. The predicted molar refractivity (Wildman–Crippen MR) is 53.7 cm³/mol. The van der Waals surface area contributed by atoms with Gasteiger partial charge in [0.2, 0.25) is 0 Å². The Labute approximate surface area is 91.9 Å². The normalized spacial score (nSPS) is 11.6. The van der Waals surface area contributed by atoms with Crippen LogP contribution in [-0.4, -0.2) is 17.2 Å². The predicted octanol–water partition coefficient (Wildman–Crippen LogP) is 2.20. The van der Waals surface area contributed by atoms with E-state index in [1.54, 1.807) is 6.92 Å². The average Bonchev–Trinajstić information content (AvgIpc) is 2.25. The lowest BCUT2D eigenvalue weighted by molar-refractivity contribution is 0.0685. The number of aromatic carboxylic acids is 1. The zero-order valence-corrected chi connectivity index (χ0v) is 8.61. The zero-order chi connectivity index (χ0) is 12.1. The number of ether oxygens (including phenoxy) is 1. The molecule has 0 bridgehead atoms. The summed E-state index contributed by atoms with van der Waals surface area (Å²) >= 11 is 0. The fourth-order valence-corrected chi connectivity index (χ4v) is 1.16. The Morgan fingerprint density at radius 3 is 2.88 bits per heavy atom. The summed E-state index contributed by atoms with van der Waals surface area (Å²) in [6.45, 7) is 1.72. The molecular formula is C11H10FNO3. The monoisotopic (exact) mass is 223 g/mol. The van der Waals surface area contributed by atoms with Gasteiger partial charge in [0.15, 0.2) is 6.10 Å². The second kappa shape index (κ2) is 5.12. The maximum Gasteiger partial charge on any atom is 0.342 e. The van der Waals surface area contributed by atoms with E-state index < -0.39 is 23.5 Å². The lowest BCUT2D eigenvalue weighted by Crippen LogP contribution is -2.15. The van der Waals surface area contributed by atoms with Gasteiger partial charge in [-0.3, -0.25) is 0 Å². The van der Waals surface area contributed by atoms with Crippen molar-refractivity contribution in [2.24, 2.45) is 0 Å². The van der Waals surface area contributed by atoms with E-state index in [1.807, 2.05) is 6.07 Å². The third kappa shape index (κ3) is 2.48. The van der Waals surface area contributed by atoms with Gasteiger partial charge in [0.05, 0.1) is 0 Å². The number of nitriles is 1. The van der Waals surface area contributed by atoms with Crippen LogP contribution in [0, 0.1) is 17.1 Å². The van der Waals surface area contributed by atoms with Crippen LogP contribution < -0.4 is 4.74 Å². The van der Waals surface area contributed by atoms with Crippen LogP contribution >= 0.6 is 0 Å². The van der Waals surface area contributed by atoms with Crippen molar-refractivity contribution in [2.75, 3.05) is 0 Å². The lowest BCUT2D eigenvalue weighted by Gasteiger charge is -2.12. The summed E-state index contributed by atoms with van der Waals surface area (Å²) in [6, 6.07) is 5.54. The van der Waals surface area contributed by atoms with Crippen LogP contribution in [0.1, 0.15) is 23.7 Å². The maximum absolute atomic E-state index is 13.2. The molecule has 1 aromatic carbocycles. The highest BCUT2D eigenvalue weighted by Gasteiger charge is 2.19. The Kier molecular flexibility index (Phi) is 3.84. The Morgan fingerprint density at radius 1 is 1.69 bits per heavy atom. The Bertz CT molecular complexity index is 439. The first-order valence-corrected chi connectivity index (χ1v) is 4.68. The highest BCUT2D eigenvalue weighted by molar-refractivity contribution is 5.91. The van der Waals surface area contributed by atoms with Crippen molar-refractivity contribution >= 4 is 5.97 Å². The number of carbonyl (C=O) groups is 1. The Morgan fingerprint density at radius 2 is 2.38 bits per heavy atom. The summed E-state index contributed by atoms with van der Waals surface area (Å²) in [4.78, 5) is 10.8. The minimum absolute atomic E-state index is 0.124. The minimum atomic E-state index is -1.42. The van der Waals surface area contributed by atoms with Crippen molar-refractivity contribution < 1.29 is 19.0 Å². The molecular weight excluding hydrogens is 213 g/mol. The van der Waals surface area contributed by atoms with E-state index in [2.05, 4.69) is 0 Å². The van der Waals surface area contributed by atoms with Crippen LogP contribution in [0.15, 0.2) is 18.2 Å². The van der Waals surface area contributed by atoms with Crippen molar-refractivity contribution in [3.05, 3.63) is 29.6 Å². The number of carboxylic acids is 1. The van der Waals surface area contributed by atoms with Gasteiger partial charge in [-0.05, 0) is 18.6 Å². The molecule has 0 spiro atoms. The fraction of sp³-hybridized carbons (Fsp3) is 0.273. The number of nitrogens with zero attached hydrogens (tertiary/aromatic N) is 1. The number of hydrogen-bond acceptors (Lipinski definition) is 3. The van der Waals surface area contributed by atoms with Crippen molar-refractivity contribution in [3.63, 3.8) is 0 Å². The van der Waals surface area contributed by atoms with Gasteiger partial charge >= 0.3 is 5.97 Å². The third-order valence-corrected chi connectivity index (χ3v) is 1.97. The molecule has 0 radical (unpaired) electrons. The van der Waals surface area contributed by atoms with E-state index in [4.69, 9.17) is 15.1 Å². The molecule has 0 aliphatic heterocycles. The molecule has 0 aliphatic rings. The third-order valence-electron chi connectivity index (χ3n) is 1.97. The van der Waals surface area contributed by atoms with Crippen LogP contribution in [0.2, 0.25) is 0 Å². The van der Waals surface area contributed by atoms with Crippen molar-refractivity contribution in [2.45, 2.75) is 19.4 Å². The lowest BCUT2D eigenvalue weighted by atomic mass is 10.2. The zero-order valence-electron chi connectivity index (χ0n) is 8.61. The van der Waals surface area contributed by atoms with E-state index in [1.165, 1.54) is 12.1 Å². The summed E-state index contributed by atoms with van der Waals surface area (Å²) < 4.78 is 18.3. The molecule has 4 nitrogen and oxygen atoms in total. The highest BCUT2D eigenvalue weighted by Crippen LogP contribution is 2.23. The number of rotatable bonds is 4.